The Morgan fingerprint density at radius 1 is 1.22 bits per heavy atom. The van der Waals surface area contributed by atoms with E-state index in [1.807, 2.05) is 30.3 Å². The van der Waals surface area contributed by atoms with Gasteiger partial charge in [-0.05, 0) is 23.8 Å². The van der Waals surface area contributed by atoms with Gasteiger partial charge in [-0.15, -0.1) is 0 Å². The Kier molecular flexibility index (Phi) is 4.19. The van der Waals surface area contributed by atoms with Gasteiger partial charge >= 0.3 is 0 Å². The Labute approximate surface area is 154 Å². The highest BCUT2D eigenvalue weighted by molar-refractivity contribution is 6.08. The maximum Gasteiger partial charge on any atom is 0.226 e. The molecule has 0 unspecified atom stereocenters. The van der Waals surface area contributed by atoms with Crippen molar-refractivity contribution in [2.45, 2.75) is 12.3 Å². The summed E-state index contributed by atoms with van der Waals surface area (Å²) < 4.78 is 18.7. The largest absolute Gasteiger partial charge is 0.494 e. The topological polar surface area (TPSA) is 84.1 Å². The van der Waals surface area contributed by atoms with Crippen molar-refractivity contribution in [3.8, 4) is 17.0 Å². The van der Waals surface area contributed by atoms with E-state index in [4.69, 9.17) is 4.74 Å². The lowest BCUT2D eigenvalue weighted by Crippen LogP contribution is -2.27. The Hall–Kier alpha value is -3.48. The SMILES string of the molecule is COc1cc(C(=O)[C@@H]2CC(=O)Nc3n[nH]c(-c4ccccc4)c32)ccc1F. The second-order valence-corrected chi connectivity index (χ2v) is 6.25. The Bertz CT molecular complexity index is 1030. The number of carbonyl (C=O) groups is 2. The lowest BCUT2D eigenvalue weighted by Gasteiger charge is -2.22. The molecule has 4 rings (SSSR count). The lowest BCUT2D eigenvalue weighted by molar-refractivity contribution is -0.116. The third-order valence-electron chi connectivity index (χ3n) is 4.61. The van der Waals surface area contributed by atoms with Crippen LogP contribution in [-0.2, 0) is 4.79 Å². The van der Waals surface area contributed by atoms with Crippen LogP contribution in [0.2, 0.25) is 0 Å². The van der Waals surface area contributed by atoms with E-state index in [-0.39, 0.29) is 29.4 Å². The monoisotopic (exact) mass is 365 g/mol. The second-order valence-electron chi connectivity index (χ2n) is 6.25. The molecule has 1 aromatic heterocycles. The quantitative estimate of drug-likeness (QED) is 0.693. The number of aromatic amines is 1. The molecule has 136 valence electrons. The van der Waals surface area contributed by atoms with Gasteiger partial charge in [-0.25, -0.2) is 4.39 Å². The van der Waals surface area contributed by atoms with Gasteiger partial charge in [-0.2, -0.15) is 5.10 Å². The molecule has 1 atom stereocenters. The van der Waals surface area contributed by atoms with Crippen LogP contribution in [0.5, 0.6) is 5.75 Å². The summed E-state index contributed by atoms with van der Waals surface area (Å²) in [5.74, 6) is -1.53. The van der Waals surface area contributed by atoms with Crippen LogP contribution >= 0.6 is 0 Å². The van der Waals surface area contributed by atoms with Crippen molar-refractivity contribution in [2.24, 2.45) is 0 Å². The first-order valence-electron chi connectivity index (χ1n) is 8.39. The minimum Gasteiger partial charge on any atom is -0.494 e. The van der Waals surface area contributed by atoms with Crippen molar-refractivity contribution in [1.82, 2.24) is 10.2 Å². The summed E-state index contributed by atoms with van der Waals surface area (Å²) >= 11 is 0. The average molecular weight is 365 g/mol. The number of ketones is 1. The van der Waals surface area contributed by atoms with E-state index in [0.717, 1.165) is 5.56 Å². The molecular weight excluding hydrogens is 349 g/mol. The molecule has 6 nitrogen and oxygen atoms in total. The van der Waals surface area contributed by atoms with Gasteiger partial charge in [0, 0.05) is 17.5 Å². The number of carbonyl (C=O) groups excluding carboxylic acids is 2. The van der Waals surface area contributed by atoms with Crippen molar-refractivity contribution in [1.29, 1.82) is 0 Å². The fourth-order valence-corrected chi connectivity index (χ4v) is 3.32. The zero-order chi connectivity index (χ0) is 19.0. The van der Waals surface area contributed by atoms with Gasteiger partial charge < -0.3 is 10.1 Å². The summed E-state index contributed by atoms with van der Waals surface area (Å²) in [5, 5.41) is 9.78. The lowest BCUT2D eigenvalue weighted by atomic mass is 9.84. The Morgan fingerprint density at radius 2 is 2.00 bits per heavy atom. The summed E-state index contributed by atoms with van der Waals surface area (Å²) in [6.45, 7) is 0. The predicted octanol–water partition coefficient (Wildman–Crippen LogP) is 3.53. The second kappa shape index (κ2) is 6.68. The number of amides is 1. The Morgan fingerprint density at radius 3 is 2.74 bits per heavy atom. The van der Waals surface area contributed by atoms with Crippen LogP contribution in [0.3, 0.4) is 0 Å². The third kappa shape index (κ3) is 2.97. The van der Waals surface area contributed by atoms with E-state index in [1.54, 1.807) is 0 Å². The molecule has 0 saturated carbocycles. The van der Waals surface area contributed by atoms with Crippen LogP contribution in [0.4, 0.5) is 10.2 Å². The smallest absolute Gasteiger partial charge is 0.226 e. The molecule has 2 aromatic carbocycles. The van der Waals surface area contributed by atoms with Crippen LogP contribution in [0.25, 0.3) is 11.3 Å². The number of rotatable bonds is 4. The number of H-pyrrole nitrogens is 1. The van der Waals surface area contributed by atoms with Crippen LogP contribution in [0.15, 0.2) is 48.5 Å². The molecule has 2 heterocycles. The standard InChI is InChI=1S/C20H16FN3O3/c1-27-15-9-12(7-8-14(15)21)19(26)13-10-16(25)22-20-17(13)18(23-24-20)11-5-3-2-4-6-11/h2-9,13H,10H2,1H3,(H2,22,23,24,25)/t13-/m1/s1. The first-order valence-corrected chi connectivity index (χ1v) is 8.39. The number of nitrogens with one attached hydrogen (secondary N) is 2. The number of hydrogen-bond acceptors (Lipinski definition) is 4. The number of nitrogens with zero attached hydrogens (tertiary/aromatic N) is 1. The van der Waals surface area contributed by atoms with Gasteiger partial charge in [0.15, 0.2) is 23.2 Å². The molecule has 3 aromatic rings. The number of ether oxygens (including phenoxy) is 1. The molecule has 1 aliphatic heterocycles. The molecule has 1 amide bonds. The summed E-state index contributed by atoms with van der Waals surface area (Å²) in [6, 6.07) is 13.4. The fraction of sp³-hybridized carbons (Fsp3) is 0.150. The van der Waals surface area contributed by atoms with Gasteiger partial charge in [0.05, 0.1) is 18.7 Å². The molecule has 0 radical (unpaired) electrons. The van der Waals surface area contributed by atoms with Crippen LogP contribution in [0.1, 0.15) is 28.3 Å². The minimum absolute atomic E-state index is 0.00904. The van der Waals surface area contributed by atoms with Gasteiger partial charge in [-0.3, -0.25) is 14.7 Å². The van der Waals surface area contributed by atoms with Crippen molar-refractivity contribution in [2.75, 3.05) is 12.4 Å². The highest BCUT2D eigenvalue weighted by Crippen LogP contribution is 2.40. The number of fused-ring (bicyclic) bond motifs is 1. The number of aromatic nitrogens is 2. The summed E-state index contributed by atoms with van der Waals surface area (Å²) in [4.78, 5) is 25.3. The van der Waals surface area contributed by atoms with E-state index >= 15 is 0 Å². The summed E-state index contributed by atoms with van der Waals surface area (Å²) in [5.41, 5.74) is 2.45. The number of halogens is 1. The molecule has 7 heteroatoms. The summed E-state index contributed by atoms with van der Waals surface area (Å²) in [6.07, 6.45) is -0.00904. The molecule has 0 saturated heterocycles. The zero-order valence-electron chi connectivity index (χ0n) is 14.5. The fourth-order valence-electron chi connectivity index (χ4n) is 3.32. The number of methoxy groups -OCH3 is 1. The van der Waals surface area contributed by atoms with Crippen LogP contribution in [-0.4, -0.2) is 29.0 Å². The number of anilines is 1. The summed E-state index contributed by atoms with van der Waals surface area (Å²) in [7, 11) is 1.34. The molecular formula is C20H16FN3O3. The van der Waals surface area contributed by atoms with Gasteiger partial charge in [0.25, 0.3) is 0 Å². The molecule has 27 heavy (non-hydrogen) atoms. The molecule has 0 aliphatic carbocycles. The van der Waals surface area contributed by atoms with E-state index < -0.39 is 11.7 Å². The minimum atomic E-state index is -0.724. The zero-order valence-corrected chi connectivity index (χ0v) is 14.5. The number of benzene rings is 2. The normalized spacial score (nSPS) is 15.8. The molecule has 2 N–H and O–H groups in total. The number of Topliss-reactive ketones (excluding diaryl/α,β-unsaturated/α-hetero) is 1. The van der Waals surface area contributed by atoms with Crippen molar-refractivity contribution in [3.63, 3.8) is 0 Å². The highest BCUT2D eigenvalue weighted by Gasteiger charge is 2.36. The van der Waals surface area contributed by atoms with Gasteiger partial charge in [-0.1, -0.05) is 30.3 Å². The Balaban J connectivity index is 1.80. The molecule has 0 fully saturated rings. The molecule has 0 spiro atoms. The van der Waals surface area contributed by atoms with Gasteiger partial charge in [0.1, 0.15) is 0 Å². The average Bonchev–Trinajstić information content (AvgIpc) is 3.11. The third-order valence-corrected chi connectivity index (χ3v) is 4.61. The molecule has 0 bridgehead atoms. The van der Waals surface area contributed by atoms with E-state index in [9.17, 15) is 14.0 Å². The van der Waals surface area contributed by atoms with Crippen LogP contribution < -0.4 is 10.1 Å². The van der Waals surface area contributed by atoms with Gasteiger partial charge in [0.2, 0.25) is 5.91 Å². The van der Waals surface area contributed by atoms with Crippen LogP contribution in [0, 0.1) is 5.82 Å². The van der Waals surface area contributed by atoms with Crippen molar-refractivity contribution < 1.29 is 18.7 Å². The first kappa shape index (κ1) is 17.0. The maximum absolute atomic E-state index is 13.7. The van der Waals surface area contributed by atoms with E-state index in [2.05, 4.69) is 15.5 Å². The van der Waals surface area contributed by atoms with Crippen molar-refractivity contribution >= 4 is 17.5 Å². The van der Waals surface area contributed by atoms with Crippen molar-refractivity contribution in [3.05, 3.63) is 65.5 Å². The molecule has 1 aliphatic rings. The predicted molar refractivity (Wildman–Crippen MR) is 97.3 cm³/mol. The maximum atomic E-state index is 13.7. The highest BCUT2D eigenvalue weighted by atomic mass is 19.1. The van der Waals surface area contributed by atoms with E-state index in [0.29, 0.717) is 17.1 Å². The first-order chi connectivity index (χ1) is 13.1. The van der Waals surface area contributed by atoms with E-state index in [1.165, 1.54) is 25.3 Å². The number of hydrogen-bond donors (Lipinski definition) is 2.